The maximum absolute atomic E-state index is 2.43. The van der Waals surface area contributed by atoms with Gasteiger partial charge in [0.15, 0.2) is 0 Å². The number of unbranched alkanes of at least 4 members (excludes halogenated alkanes) is 2. The Morgan fingerprint density at radius 3 is 2.25 bits per heavy atom. The van der Waals surface area contributed by atoms with Gasteiger partial charge in [-0.1, -0.05) is 0 Å². The summed E-state index contributed by atoms with van der Waals surface area (Å²) in [7, 11) is 0. The molecule has 0 unspecified atom stereocenters. The third-order valence-corrected chi connectivity index (χ3v) is 3.74. The molecule has 0 aliphatic carbocycles. The number of hydrogen-bond donors (Lipinski definition) is 0. The summed E-state index contributed by atoms with van der Waals surface area (Å²) in [6.45, 7) is 2.27. The van der Waals surface area contributed by atoms with Gasteiger partial charge in [-0.2, -0.15) is 0 Å². The van der Waals surface area contributed by atoms with Crippen LogP contribution in [0, 0.1) is 0 Å². The summed E-state index contributed by atoms with van der Waals surface area (Å²) in [5.41, 5.74) is 2.43. The Kier molecular flexibility index (Phi) is 16.3. The normalized spacial score (nSPS) is 7.25. The summed E-state index contributed by atoms with van der Waals surface area (Å²) < 4.78 is 0. The number of hydrogen-bond acceptors (Lipinski definition) is 0. The van der Waals surface area contributed by atoms with Crippen molar-refractivity contribution < 1.29 is 17.1 Å². The first-order chi connectivity index (χ1) is 3.41. The SMILES string of the molecule is Br.CCCC[CH2][Zn][CH3]. The molecular weight excluding hydrogens is 217 g/mol. The molecule has 0 rings (SSSR count). The van der Waals surface area contributed by atoms with Crippen molar-refractivity contribution in [2.45, 2.75) is 36.7 Å². The second-order valence-electron chi connectivity index (χ2n) is 2.06. The van der Waals surface area contributed by atoms with Gasteiger partial charge in [0.05, 0.1) is 0 Å². The first-order valence-corrected chi connectivity index (χ1v) is 8.48. The second kappa shape index (κ2) is 11.0. The molecule has 0 amide bonds. The van der Waals surface area contributed by atoms with Gasteiger partial charge in [-0.05, 0) is 0 Å². The van der Waals surface area contributed by atoms with Crippen molar-refractivity contribution in [3.63, 3.8) is 0 Å². The van der Waals surface area contributed by atoms with Gasteiger partial charge in [0.2, 0.25) is 0 Å². The van der Waals surface area contributed by atoms with Gasteiger partial charge in [-0.25, -0.2) is 0 Å². The minimum absolute atomic E-state index is 0. The van der Waals surface area contributed by atoms with Gasteiger partial charge in [0, 0.05) is 0 Å². The Morgan fingerprint density at radius 1 is 1.25 bits per heavy atom. The molecule has 0 spiro atoms. The third kappa shape index (κ3) is 10.2. The molecule has 0 saturated heterocycles. The van der Waals surface area contributed by atoms with E-state index in [1.807, 2.05) is 0 Å². The molecule has 48 valence electrons. The fourth-order valence-electron chi connectivity index (χ4n) is 0.677. The molecule has 0 fully saturated rings. The van der Waals surface area contributed by atoms with E-state index in [2.05, 4.69) is 12.4 Å². The first-order valence-electron chi connectivity index (χ1n) is 3.41. The third-order valence-electron chi connectivity index (χ3n) is 1.21. The van der Waals surface area contributed by atoms with Crippen molar-refractivity contribution in [1.82, 2.24) is 0 Å². The molecule has 2 heteroatoms. The average Bonchev–Trinajstić information content (AvgIpc) is 1.69. The molecule has 0 radical (unpaired) electrons. The van der Waals surface area contributed by atoms with Gasteiger partial charge >= 0.3 is 53.8 Å². The summed E-state index contributed by atoms with van der Waals surface area (Å²) >= 11 is 0.0551. The van der Waals surface area contributed by atoms with E-state index in [1.165, 1.54) is 19.3 Å². The Morgan fingerprint density at radius 2 is 1.88 bits per heavy atom. The molecule has 0 nitrogen and oxygen atoms in total. The summed E-state index contributed by atoms with van der Waals surface area (Å²) in [4.78, 5) is 0. The topological polar surface area (TPSA) is 0 Å². The molecular formula is C6H15BrZn. The Balaban J connectivity index is 0. The Bertz CT molecular complexity index is 27.7. The van der Waals surface area contributed by atoms with Crippen LogP contribution < -0.4 is 0 Å². The van der Waals surface area contributed by atoms with Crippen LogP contribution in [0.3, 0.4) is 0 Å². The van der Waals surface area contributed by atoms with Crippen LogP contribution in [-0.2, 0) is 17.1 Å². The molecule has 0 heterocycles. The van der Waals surface area contributed by atoms with Crippen LogP contribution in [0.2, 0.25) is 10.5 Å². The van der Waals surface area contributed by atoms with E-state index in [0.29, 0.717) is 0 Å². The Hall–Kier alpha value is 1.10. The fraction of sp³-hybridized carbons (Fsp3) is 1.00. The van der Waals surface area contributed by atoms with E-state index in [4.69, 9.17) is 0 Å². The van der Waals surface area contributed by atoms with E-state index in [0.717, 1.165) is 0 Å². The van der Waals surface area contributed by atoms with Crippen LogP contribution in [0.1, 0.15) is 26.2 Å². The predicted molar refractivity (Wildman–Crippen MR) is 40.5 cm³/mol. The van der Waals surface area contributed by atoms with Crippen LogP contribution in [0.15, 0.2) is 0 Å². The van der Waals surface area contributed by atoms with Crippen molar-refractivity contribution in [2.75, 3.05) is 0 Å². The number of halogens is 1. The van der Waals surface area contributed by atoms with Crippen LogP contribution in [0.5, 0.6) is 0 Å². The monoisotopic (exact) mass is 230 g/mol. The van der Waals surface area contributed by atoms with Crippen LogP contribution in [-0.4, -0.2) is 0 Å². The molecule has 0 atom stereocenters. The van der Waals surface area contributed by atoms with Crippen LogP contribution in [0.4, 0.5) is 0 Å². The van der Waals surface area contributed by atoms with Gasteiger partial charge in [-0.15, -0.1) is 17.0 Å². The first kappa shape index (κ1) is 11.8. The van der Waals surface area contributed by atoms with Crippen LogP contribution >= 0.6 is 17.0 Å². The zero-order valence-electron chi connectivity index (χ0n) is 5.94. The van der Waals surface area contributed by atoms with Crippen molar-refractivity contribution >= 4 is 17.0 Å². The van der Waals surface area contributed by atoms with Gasteiger partial charge in [-0.3, -0.25) is 0 Å². The standard InChI is InChI=1S/C5H11.CH3.BrH.Zn/c1-3-5-4-2;;;/h1,3-5H2,2H3;1H3;1H;. The molecule has 0 aromatic heterocycles. The van der Waals surface area contributed by atoms with Crippen LogP contribution in [0.25, 0.3) is 0 Å². The van der Waals surface area contributed by atoms with E-state index in [1.54, 1.807) is 5.02 Å². The fourth-order valence-corrected chi connectivity index (χ4v) is 2.47. The van der Waals surface area contributed by atoms with Gasteiger partial charge in [0.25, 0.3) is 0 Å². The number of rotatable bonds is 4. The van der Waals surface area contributed by atoms with Crippen molar-refractivity contribution in [3.05, 3.63) is 0 Å². The minimum atomic E-state index is 0. The molecule has 8 heavy (non-hydrogen) atoms. The van der Waals surface area contributed by atoms with Gasteiger partial charge in [0.1, 0.15) is 0 Å². The average molecular weight is 232 g/mol. The zero-order chi connectivity index (χ0) is 5.54. The molecule has 0 aliphatic heterocycles. The molecule has 0 aromatic rings. The summed E-state index contributed by atoms with van der Waals surface area (Å²) in [5, 5.41) is 1.61. The van der Waals surface area contributed by atoms with E-state index in [9.17, 15) is 0 Å². The van der Waals surface area contributed by atoms with Gasteiger partial charge < -0.3 is 0 Å². The quantitative estimate of drug-likeness (QED) is 0.515. The van der Waals surface area contributed by atoms with Crippen molar-refractivity contribution in [3.8, 4) is 0 Å². The Labute approximate surface area is 70.8 Å². The summed E-state index contributed by atoms with van der Waals surface area (Å²) in [6, 6.07) is 0. The van der Waals surface area contributed by atoms with E-state index < -0.39 is 0 Å². The van der Waals surface area contributed by atoms with Crippen molar-refractivity contribution in [1.29, 1.82) is 0 Å². The molecule has 0 aromatic carbocycles. The predicted octanol–water partition coefficient (Wildman–Crippen LogP) is 3.30. The summed E-state index contributed by atoms with van der Waals surface area (Å²) in [6.07, 6.45) is 4.38. The second-order valence-corrected chi connectivity index (χ2v) is 5.64. The molecule has 0 N–H and O–H groups in total. The summed E-state index contributed by atoms with van der Waals surface area (Å²) in [5.74, 6) is 0. The van der Waals surface area contributed by atoms with E-state index >= 15 is 0 Å². The molecule has 0 bridgehead atoms. The molecule has 0 saturated carbocycles. The molecule has 0 aliphatic rings. The van der Waals surface area contributed by atoms with Crippen molar-refractivity contribution in [2.24, 2.45) is 0 Å². The maximum atomic E-state index is 2.43. The van der Waals surface area contributed by atoms with E-state index in [-0.39, 0.29) is 34.1 Å². The zero-order valence-corrected chi connectivity index (χ0v) is 10.6.